The number of ketones is 1. The maximum atomic E-state index is 11.3. The monoisotopic (exact) mass is 257 g/mol. The van der Waals surface area contributed by atoms with Gasteiger partial charge in [-0.05, 0) is 45.0 Å². The molecule has 2 aromatic rings. The molecule has 0 aliphatic carbocycles. The Labute approximate surface area is 113 Å². The highest BCUT2D eigenvalue weighted by molar-refractivity contribution is 5.78. The van der Waals surface area contributed by atoms with E-state index in [1.165, 1.54) is 0 Å². The third-order valence-corrected chi connectivity index (χ3v) is 3.96. The van der Waals surface area contributed by atoms with E-state index in [1.807, 2.05) is 24.4 Å². The SMILES string of the molecule is CC(=O)C1CCN(Cc2cn3ccccc3n2)CC1. The van der Waals surface area contributed by atoms with Gasteiger partial charge in [0.1, 0.15) is 11.4 Å². The minimum absolute atomic E-state index is 0.275. The molecule has 1 aliphatic heterocycles. The zero-order chi connectivity index (χ0) is 13.2. The van der Waals surface area contributed by atoms with Gasteiger partial charge in [0, 0.05) is 24.9 Å². The van der Waals surface area contributed by atoms with E-state index in [9.17, 15) is 4.79 Å². The molecule has 3 heterocycles. The highest BCUT2D eigenvalue weighted by Gasteiger charge is 2.22. The smallest absolute Gasteiger partial charge is 0.137 e. The van der Waals surface area contributed by atoms with Crippen molar-refractivity contribution >= 4 is 11.4 Å². The summed E-state index contributed by atoms with van der Waals surface area (Å²) in [6.45, 7) is 4.59. The second-order valence-electron chi connectivity index (χ2n) is 5.36. The number of imidazole rings is 1. The van der Waals surface area contributed by atoms with E-state index in [0.717, 1.165) is 43.8 Å². The molecule has 0 aromatic carbocycles. The maximum absolute atomic E-state index is 11.3. The van der Waals surface area contributed by atoms with Gasteiger partial charge in [-0.25, -0.2) is 4.98 Å². The summed E-state index contributed by atoms with van der Waals surface area (Å²) in [7, 11) is 0. The number of hydrogen-bond donors (Lipinski definition) is 0. The van der Waals surface area contributed by atoms with Gasteiger partial charge in [0.05, 0.1) is 5.69 Å². The van der Waals surface area contributed by atoms with Crippen LogP contribution >= 0.6 is 0 Å². The van der Waals surface area contributed by atoms with E-state index < -0.39 is 0 Å². The number of pyridine rings is 1. The standard InChI is InChI=1S/C15H19N3O/c1-12(19)13-5-8-17(9-6-13)10-14-11-18-7-3-2-4-15(18)16-14/h2-4,7,11,13H,5-6,8-10H2,1H3. The first-order chi connectivity index (χ1) is 9.22. The zero-order valence-electron chi connectivity index (χ0n) is 11.2. The predicted molar refractivity (Wildman–Crippen MR) is 73.9 cm³/mol. The summed E-state index contributed by atoms with van der Waals surface area (Å²) in [6, 6.07) is 6.03. The second-order valence-corrected chi connectivity index (χ2v) is 5.36. The van der Waals surface area contributed by atoms with Crippen molar-refractivity contribution in [3.05, 3.63) is 36.3 Å². The number of likely N-dealkylation sites (tertiary alicyclic amines) is 1. The van der Waals surface area contributed by atoms with E-state index in [0.29, 0.717) is 5.78 Å². The Morgan fingerprint density at radius 3 is 2.84 bits per heavy atom. The zero-order valence-corrected chi connectivity index (χ0v) is 11.2. The van der Waals surface area contributed by atoms with Crippen molar-refractivity contribution in [2.45, 2.75) is 26.3 Å². The number of aromatic nitrogens is 2. The van der Waals surface area contributed by atoms with Gasteiger partial charge in [-0.15, -0.1) is 0 Å². The largest absolute Gasteiger partial charge is 0.307 e. The fourth-order valence-electron chi connectivity index (χ4n) is 2.79. The van der Waals surface area contributed by atoms with Crippen LogP contribution in [0.15, 0.2) is 30.6 Å². The Morgan fingerprint density at radius 1 is 1.37 bits per heavy atom. The summed E-state index contributed by atoms with van der Waals surface area (Å²) in [5, 5.41) is 0. The van der Waals surface area contributed by atoms with Crippen LogP contribution in [0.1, 0.15) is 25.5 Å². The Hall–Kier alpha value is -1.68. The van der Waals surface area contributed by atoms with Crippen LogP contribution < -0.4 is 0 Å². The lowest BCUT2D eigenvalue weighted by molar-refractivity contribution is -0.122. The van der Waals surface area contributed by atoms with Crippen LogP contribution in [-0.4, -0.2) is 33.2 Å². The lowest BCUT2D eigenvalue weighted by Gasteiger charge is -2.30. The number of nitrogens with zero attached hydrogens (tertiary/aromatic N) is 3. The van der Waals surface area contributed by atoms with Gasteiger partial charge in [-0.1, -0.05) is 6.07 Å². The number of Topliss-reactive ketones (excluding diaryl/α,β-unsaturated/α-hetero) is 1. The molecular weight excluding hydrogens is 238 g/mol. The molecule has 0 N–H and O–H groups in total. The lowest BCUT2D eigenvalue weighted by atomic mass is 9.93. The van der Waals surface area contributed by atoms with Crippen LogP contribution in [0, 0.1) is 5.92 Å². The first-order valence-corrected chi connectivity index (χ1v) is 6.88. The molecule has 0 radical (unpaired) electrons. The van der Waals surface area contributed by atoms with E-state index in [-0.39, 0.29) is 5.92 Å². The number of fused-ring (bicyclic) bond motifs is 1. The van der Waals surface area contributed by atoms with Crippen molar-refractivity contribution in [2.24, 2.45) is 5.92 Å². The highest BCUT2D eigenvalue weighted by Crippen LogP contribution is 2.19. The molecule has 0 spiro atoms. The molecule has 0 bridgehead atoms. The van der Waals surface area contributed by atoms with E-state index >= 15 is 0 Å². The van der Waals surface area contributed by atoms with Gasteiger partial charge in [-0.3, -0.25) is 9.69 Å². The van der Waals surface area contributed by atoms with Crippen molar-refractivity contribution in [3.8, 4) is 0 Å². The topological polar surface area (TPSA) is 37.6 Å². The second kappa shape index (κ2) is 5.13. The fraction of sp³-hybridized carbons (Fsp3) is 0.467. The van der Waals surface area contributed by atoms with Crippen LogP contribution in [0.25, 0.3) is 5.65 Å². The first kappa shape index (κ1) is 12.4. The van der Waals surface area contributed by atoms with Gasteiger partial charge in [0.15, 0.2) is 0 Å². The Balaban J connectivity index is 1.64. The van der Waals surface area contributed by atoms with Crippen molar-refractivity contribution in [3.63, 3.8) is 0 Å². The molecule has 3 rings (SSSR count). The Bertz CT molecular complexity index is 549. The van der Waals surface area contributed by atoms with Crippen LogP contribution in [-0.2, 0) is 11.3 Å². The molecule has 4 nitrogen and oxygen atoms in total. The van der Waals surface area contributed by atoms with Crippen molar-refractivity contribution in [1.29, 1.82) is 0 Å². The van der Waals surface area contributed by atoms with E-state index in [2.05, 4.69) is 20.5 Å². The molecule has 0 saturated carbocycles. The van der Waals surface area contributed by atoms with Gasteiger partial charge >= 0.3 is 0 Å². The quantitative estimate of drug-likeness (QED) is 0.845. The molecule has 100 valence electrons. The normalized spacial score (nSPS) is 17.9. The summed E-state index contributed by atoms with van der Waals surface area (Å²) < 4.78 is 2.05. The highest BCUT2D eigenvalue weighted by atomic mass is 16.1. The number of rotatable bonds is 3. The minimum Gasteiger partial charge on any atom is -0.307 e. The molecule has 1 aliphatic rings. The average Bonchev–Trinajstić information content (AvgIpc) is 2.81. The average molecular weight is 257 g/mol. The summed E-state index contributed by atoms with van der Waals surface area (Å²) in [4.78, 5) is 18.4. The molecule has 1 fully saturated rings. The Kier molecular flexibility index (Phi) is 3.34. The summed E-state index contributed by atoms with van der Waals surface area (Å²) in [5.41, 5.74) is 2.10. The maximum Gasteiger partial charge on any atom is 0.137 e. The molecule has 0 atom stereocenters. The summed E-state index contributed by atoms with van der Waals surface area (Å²) in [6.07, 6.45) is 6.09. The minimum atomic E-state index is 0.275. The van der Waals surface area contributed by atoms with Gasteiger partial charge in [0.2, 0.25) is 0 Å². The molecule has 0 unspecified atom stereocenters. The van der Waals surface area contributed by atoms with Gasteiger partial charge in [-0.2, -0.15) is 0 Å². The van der Waals surface area contributed by atoms with Gasteiger partial charge < -0.3 is 4.40 Å². The third-order valence-electron chi connectivity index (χ3n) is 3.96. The van der Waals surface area contributed by atoms with E-state index in [1.54, 1.807) is 6.92 Å². The number of carbonyl (C=O) groups is 1. The molecule has 1 saturated heterocycles. The summed E-state index contributed by atoms with van der Waals surface area (Å²) >= 11 is 0. The fourth-order valence-corrected chi connectivity index (χ4v) is 2.79. The molecule has 4 heteroatoms. The van der Waals surface area contributed by atoms with Crippen molar-refractivity contribution in [2.75, 3.05) is 13.1 Å². The molecular formula is C15H19N3O. The van der Waals surface area contributed by atoms with Crippen LogP contribution in [0.4, 0.5) is 0 Å². The van der Waals surface area contributed by atoms with Crippen LogP contribution in [0.5, 0.6) is 0 Å². The Morgan fingerprint density at radius 2 is 2.16 bits per heavy atom. The van der Waals surface area contributed by atoms with Crippen molar-refractivity contribution < 1.29 is 4.79 Å². The number of hydrogen-bond acceptors (Lipinski definition) is 3. The van der Waals surface area contributed by atoms with Gasteiger partial charge in [0.25, 0.3) is 0 Å². The van der Waals surface area contributed by atoms with Crippen LogP contribution in [0.3, 0.4) is 0 Å². The molecule has 0 amide bonds. The predicted octanol–water partition coefficient (Wildman–Crippen LogP) is 2.14. The summed E-state index contributed by atoms with van der Waals surface area (Å²) in [5.74, 6) is 0.615. The lowest BCUT2D eigenvalue weighted by Crippen LogP contribution is -2.35. The first-order valence-electron chi connectivity index (χ1n) is 6.88. The van der Waals surface area contributed by atoms with Crippen molar-refractivity contribution in [1.82, 2.24) is 14.3 Å². The molecule has 19 heavy (non-hydrogen) atoms. The number of carbonyl (C=O) groups excluding carboxylic acids is 1. The third kappa shape index (κ3) is 2.68. The number of piperidine rings is 1. The van der Waals surface area contributed by atoms with E-state index in [4.69, 9.17) is 0 Å². The van der Waals surface area contributed by atoms with Crippen LogP contribution in [0.2, 0.25) is 0 Å². The molecule has 2 aromatic heterocycles.